The molecule has 0 spiro atoms. The zero-order chi connectivity index (χ0) is 27.9. The summed E-state index contributed by atoms with van der Waals surface area (Å²) in [5.41, 5.74) is 3.12. The van der Waals surface area contributed by atoms with E-state index < -0.39 is 12.1 Å². The molecule has 0 aliphatic heterocycles. The van der Waals surface area contributed by atoms with E-state index in [1.54, 1.807) is 6.20 Å². The summed E-state index contributed by atoms with van der Waals surface area (Å²) in [4.78, 5) is 31.3. The van der Waals surface area contributed by atoms with E-state index in [0.717, 1.165) is 28.0 Å². The standard InChI is InChI=1S/C25H26N4O2.C2HF3O2/c1-17(2)29(3)24-12-9-20(15-26-24)27-25(30)23-14-19-13-21(10-11-22(19)28-23)31-16-18-7-5-4-6-8-18;3-2(4,5)1(6)7/h4-15,17,28H,16H2,1-3H3,(H,27,30);(H,6,7). The van der Waals surface area contributed by atoms with Gasteiger partial charge in [-0.3, -0.25) is 4.79 Å². The van der Waals surface area contributed by atoms with Crippen LogP contribution in [0.15, 0.2) is 72.9 Å². The molecule has 0 aliphatic rings. The van der Waals surface area contributed by atoms with Crippen LogP contribution in [-0.2, 0) is 11.4 Å². The lowest BCUT2D eigenvalue weighted by molar-refractivity contribution is -0.192. The molecule has 0 atom stereocenters. The van der Waals surface area contributed by atoms with E-state index in [1.807, 2.05) is 73.8 Å². The van der Waals surface area contributed by atoms with Gasteiger partial charge in [0.05, 0.1) is 11.9 Å². The van der Waals surface area contributed by atoms with Crippen molar-refractivity contribution in [3.05, 3.63) is 84.2 Å². The second-order valence-electron chi connectivity index (χ2n) is 8.57. The van der Waals surface area contributed by atoms with Gasteiger partial charge in [-0.05, 0) is 55.8 Å². The summed E-state index contributed by atoms with van der Waals surface area (Å²) in [5, 5.41) is 10.9. The first-order chi connectivity index (χ1) is 17.9. The van der Waals surface area contributed by atoms with Crippen molar-refractivity contribution in [2.75, 3.05) is 17.3 Å². The number of hydrogen-bond acceptors (Lipinski definition) is 5. The van der Waals surface area contributed by atoms with Crippen LogP contribution in [-0.4, -0.2) is 46.2 Å². The van der Waals surface area contributed by atoms with E-state index in [0.29, 0.717) is 24.0 Å². The fourth-order valence-electron chi connectivity index (χ4n) is 3.20. The third-order valence-corrected chi connectivity index (χ3v) is 5.47. The van der Waals surface area contributed by atoms with Gasteiger partial charge in [-0.1, -0.05) is 30.3 Å². The minimum absolute atomic E-state index is 0.213. The zero-order valence-electron chi connectivity index (χ0n) is 20.9. The van der Waals surface area contributed by atoms with Gasteiger partial charge in [-0.15, -0.1) is 0 Å². The highest BCUT2D eigenvalue weighted by Crippen LogP contribution is 2.23. The number of alkyl halides is 3. The average Bonchev–Trinajstić information content (AvgIpc) is 3.32. The van der Waals surface area contributed by atoms with Crippen molar-refractivity contribution in [2.24, 2.45) is 0 Å². The first kappa shape index (κ1) is 28.0. The van der Waals surface area contributed by atoms with Gasteiger partial charge in [0, 0.05) is 24.0 Å². The SMILES string of the molecule is CC(C)N(C)c1ccc(NC(=O)c2cc3cc(OCc4ccccc4)ccc3[nH]2)cn1.O=C(O)C(F)(F)F. The number of nitrogens with zero attached hydrogens (tertiary/aromatic N) is 2. The number of anilines is 2. The molecular weight excluding hydrogens is 501 g/mol. The second kappa shape index (κ2) is 12.1. The van der Waals surface area contributed by atoms with E-state index >= 15 is 0 Å². The molecule has 0 saturated carbocycles. The predicted octanol–water partition coefficient (Wildman–Crippen LogP) is 5.87. The molecule has 38 heavy (non-hydrogen) atoms. The van der Waals surface area contributed by atoms with Crippen molar-refractivity contribution < 1.29 is 32.6 Å². The van der Waals surface area contributed by atoms with E-state index in [1.165, 1.54) is 0 Å². The van der Waals surface area contributed by atoms with Crippen molar-refractivity contribution in [1.29, 1.82) is 0 Å². The number of carboxylic acid groups (broad SMARTS) is 1. The Bertz CT molecular complexity index is 1370. The maximum absolute atomic E-state index is 12.7. The molecule has 0 unspecified atom stereocenters. The van der Waals surface area contributed by atoms with Crippen LogP contribution in [0.1, 0.15) is 29.9 Å². The molecule has 11 heteroatoms. The van der Waals surface area contributed by atoms with Gasteiger partial charge in [0.25, 0.3) is 5.91 Å². The first-order valence-electron chi connectivity index (χ1n) is 11.5. The molecule has 2 heterocycles. The Morgan fingerprint density at radius 2 is 1.76 bits per heavy atom. The van der Waals surface area contributed by atoms with Crippen molar-refractivity contribution in [1.82, 2.24) is 9.97 Å². The van der Waals surface area contributed by atoms with Crippen LogP contribution in [0.5, 0.6) is 5.75 Å². The van der Waals surface area contributed by atoms with Gasteiger partial charge < -0.3 is 25.0 Å². The predicted molar refractivity (Wildman–Crippen MR) is 138 cm³/mol. The molecule has 2 aromatic carbocycles. The number of carboxylic acids is 1. The summed E-state index contributed by atoms with van der Waals surface area (Å²) < 4.78 is 37.6. The maximum Gasteiger partial charge on any atom is 0.490 e. The lowest BCUT2D eigenvalue weighted by atomic mass is 10.2. The molecule has 2 aromatic heterocycles. The van der Waals surface area contributed by atoms with Gasteiger partial charge in [0.15, 0.2) is 0 Å². The Kier molecular flexibility index (Phi) is 8.95. The largest absolute Gasteiger partial charge is 0.490 e. The Morgan fingerprint density at radius 1 is 1.08 bits per heavy atom. The fraction of sp³-hybridized carbons (Fsp3) is 0.222. The van der Waals surface area contributed by atoms with Gasteiger partial charge in [0.1, 0.15) is 23.9 Å². The fourth-order valence-corrected chi connectivity index (χ4v) is 3.20. The lowest BCUT2D eigenvalue weighted by Gasteiger charge is -2.22. The molecule has 1 amide bonds. The third kappa shape index (κ3) is 7.73. The highest BCUT2D eigenvalue weighted by molar-refractivity contribution is 6.06. The van der Waals surface area contributed by atoms with Crippen LogP contribution in [0.4, 0.5) is 24.7 Å². The number of ether oxygens (including phenoxy) is 1. The molecule has 0 bridgehead atoms. The maximum atomic E-state index is 12.7. The Balaban J connectivity index is 0.000000505. The van der Waals surface area contributed by atoms with Crippen LogP contribution < -0.4 is 15.0 Å². The summed E-state index contributed by atoms with van der Waals surface area (Å²) >= 11 is 0. The van der Waals surface area contributed by atoms with Gasteiger partial charge in [-0.2, -0.15) is 13.2 Å². The highest BCUT2D eigenvalue weighted by atomic mass is 19.4. The van der Waals surface area contributed by atoms with E-state index in [4.69, 9.17) is 14.6 Å². The number of nitrogens with one attached hydrogen (secondary N) is 2. The number of fused-ring (bicyclic) bond motifs is 1. The lowest BCUT2D eigenvalue weighted by Crippen LogP contribution is -2.26. The Hall–Kier alpha value is -4.54. The number of H-pyrrole nitrogens is 1. The first-order valence-corrected chi connectivity index (χ1v) is 11.5. The summed E-state index contributed by atoms with van der Waals surface area (Å²) in [6, 6.07) is 21.7. The van der Waals surface area contributed by atoms with Crippen molar-refractivity contribution in [3.8, 4) is 5.75 Å². The zero-order valence-corrected chi connectivity index (χ0v) is 20.9. The van der Waals surface area contributed by atoms with Crippen molar-refractivity contribution in [3.63, 3.8) is 0 Å². The Labute approximate surface area is 217 Å². The monoisotopic (exact) mass is 528 g/mol. The number of carbonyl (C=O) groups excluding carboxylic acids is 1. The van der Waals surface area contributed by atoms with Crippen LogP contribution in [0.2, 0.25) is 0 Å². The normalized spacial score (nSPS) is 11.0. The van der Waals surface area contributed by atoms with Crippen molar-refractivity contribution in [2.45, 2.75) is 32.7 Å². The topological polar surface area (TPSA) is 108 Å². The van der Waals surface area contributed by atoms with Crippen LogP contribution in [0, 0.1) is 0 Å². The summed E-state index contributed by atoms with van der Waals surface area (Å²) in [6.45, 7) is 4.70. The average molecular weight is 529 g/mol. The highest BCUT2D eigenvalue weighted by Gasteiger charge is 2.38. The number of hydrogen-bond donors (Lipinski definition) is 3. The smallest absolute Gasteiger partial charge is 0.489 e. The number of carbonyl (C=O) groups is 2. The van der Waals surface area contributed by atoms with E-state index in [-0.39, 0.29) is 5.91 Å². The number of amides is 1. The molecule has 8 nitrogen and oxygen atoms in total. The number of aliphatic carboxylic acids is 1. The van der Waals surface area contributed by atoms with E-state index in [9.17, 15) is 18.0 Å². The van der Waals surface area contributed by atoms with Crippen LogP contribution in [0.3, 0.4) is 0 Å². The van der Waals surface area contributed by atoms with Crippen LogP contribution >= 0.6 is 0 Å². The second-order valence-corrected chi connectivity index (χ2v) is 8.57. The summed E-state index contributed by atoms with van der Waals surface area (Å²) in [6.07, 6.45) is -3.41. The molecule has 200 valence electrons. The van der Waals surface area contributed by atoms with Crippen LogP contribution in [0.25, 0.3) is 10.9 Å². The van der Waals surface area contributed by atoms with E-state index in [2.05, 4.69) is 34.0 Å². The Morgan fingerprint density at radius 3 is 2.34 bits per heavy atom. The molecule has 4 rings (SSSR count). The molecule has 0 aliphatic carbocycles. The van der Waals surface area contributed by atoms with Gasteiger partial charge >= 0.3 is 12.1 Å². The number of rotatable bonds is 7. The quantitative estimate of drug-likeness (QED) is 0.277. The molecule has 3 N–H and O–H groups in total. The minimum Gasteiger partial charge on any atom is -0.489 e. The number of pyridine rings is 1. The molecular formula is C27H27F3N4O4. The van der Waals surface area contributed by atoms with Crippen molar-refractivity contribution >= 4 is 34.3 Å². The summed E-state index contributed by atoms with van der Waals surface area (Å²) in [5.74, 6) is -1.35. The minimum atomic E-state index is -5.08. The summed E-state index contributed by atoms with van der Waals surface area (Å²) in [7, 11) is 1.99. The van der Waals surface area contributed by atoms with Gasteiger partial charge in [0.2, 0.25) is 0 Å². The number of aromatic nitrogens is 2. The molecule has 0 radical (unpaired) electrons. The van der Waals surface area contributed by atoms with Gasteiger partial charge in [-0.25, -0.2) is 9.78 Å². The molecule has 4 aromatic rings. The third-order valence-electron chi connectivity index (χ3n) is 5.47. The number of benzene rings is 2. The molecule has 0 fully saturated rings. The number of halogens is 3. The number of aromatic amines is 1. The molecule has 0 saturated heterocycles.